The Kier molecular flexibility index (Phi) is 4.36. The molecule has 0 bridgehead atoms. The van der Waals surface area contributed by atoms with Crippen LogP contribution < -0.4 is 11.2 Å². The third kappa shape index (κ3) is 2.91. The van der Waals surface area contributed by atoms with Gasteiger partial charge in [-0.15, -0.1) is 0 Å². The number of likely N-dealkylation sites (tertiary alicyclic amines) is 1. The van der Waals surface area contributed by atoms with Crippen molar-refractivity contribution in [2.45, 2.75) is 32.0 Å². The zero-order valence-electron chi connectivity index (χ0n) is 13.8. The molecule has 1 aliphatic heterocycles. The van der Waals surface area contributed by atoms with Gasteiger partial charge in [-0.05, 0) is 26.0 Å². The van der Waals surface area contributed by atoms with E-state index in [1.165, 1.54) is 4.57 Å². The highest BCUT2D eigenvalue weighted by atomic mass is 16.2. The van der Waals surface area contributed by atoms with Gasteiger partial charge >= 0.3 is 5.69 Å². The molecule has 1 aromatic carbocycles. The lowest BCUT2D eigenvalue weighted by Gasteiger charge is -2.27. The number of H-pyrrole nitrogens is 1. The molecule has 0 radical (unpaired) electrons. The Balaban J connectivity index is 1.89. The Hall–Kier alpha value is -2.65. The molecule has 1 aromatic heterocycles. The van der Waals surface area contributed by atoms with Crippen LogP contribution in [0.15, 0.2) is 46.1 Å². The minimum Gasteiger partial charge on any atom is -0.299 e. The van der Waals surface area contributed by atoms with Crippen molar-refractivity contribution in [1.29, 1.82) is 5.26 Å². The molecule has 1 aliphatic rings. The molecule has 2 heterocycles. The van der Waals surface area contributed by atoms with E-state index in [4.69, 9.17) is 0 Å². The second kappa shape index (κ2) is 6.46. The van der Waals surface area contributed by atoms with Crippen molar-refractivity contribution in [2.75, 3.05) is 7.05 Å². The maximum absolute atomic E-state index is 12.0. The van der Waals surface area contributed by atoms with E-state index in [2.05, 4.69) is 16.0 Å². The van der Waals surface area contributed by atoms with Crippen LogP contribution in [0.25, 0.3) is 0 Å². The summed E-state index contributed by atoms with van der Waals surface area (Å²) in [4.78, 5) is 28.0. The maximum Gasteiger partial charge on any atom is 0.328 e. The molecule has 0 amide bonds. The Morgan fingerprint density at radius 1 is 1.29 bits per heavy atom. The summed E-state index contributed by atoms with van der Waals surface area (Å²) in [6.45, 7) is 2.13. The highest BCUT2D eigenvalue weighted by Crippen LogP contribution is 2.39. The minimum atomic E-state index is -0.407. The van der Waals surface area contributed by atoms with Crippen LogP contribution in [0.4, 0.5) is 0 Å². The van der Waals surface area contributed by atoms with Crippen LogP contribution in [-0.2, 0) is 6.54 Å². The molecule has 0 aliphatic carbocycles. The third-order valence-corrected chi connectivity index (χ3v) is 4.83. The smallest absolute Gasteiger partial charge is 0.299 e. The first-order chi connectivity index (χ1) is 11.5. The molecule has 1 fully saturated rings. The predicted octanol–water partition coefficient (Wildman–Crippen LogP) is 1.43. The van der Waals surface area contributed by atoms with Gasteiger partial charge in [0, 0.05) is 24.3 Å². The summed E-state index contributed by atoms with van der Waals surface area (Å²) in [5.41, 5.74) is 0.856. The zero-order chi connectivity index (χ0) is 17.3. The summed E-state index contributed by atoms with van der Waals surface area (Å²) >= 11 is 0. The Morgan fingerprint density at radius 2 is 2.00 bits per heavy atom. The number of aromatic nitrogens is 2. The number of nitrogens with one attached hydrogen (secondary N) is 1. The van der Waals surface area contributed by atoms with E-state index in [0.29, 0.717) is 18.5 Å². The lowest BCUT2D eigenvalue weighted by Crippen LogP contribution is -2.38. The molecule has 1 N–H and O–H groups in total. The zero-order valence-corrected chi connectivity index (χ0v) is 13.8. The number of likely N-dealkylation sites (N-methyl/N-ethyl adjacent to an activating group) is 1. The van der Waals surface area contributed by atoms with E-state index in [1.54, 1.807) is 13.1 Å². The largest absolute Gasteiger partial charge is 0.328 e. The molecule has 0 spiro atoms. The van der Waals surface area contributed by atoms with Gasteiger partial charge in [-0.25, -0.2) is 4.79 Å². The fourth-order valence-corrected chi connectivity index (χ4v) is 3.52. The van der Waals surface area contributed by atoms with Gasteiger partial charge in [0.05, 0.1) is 18.0 Å². The van der Waals surface area contributed by atoms with Crippen molar-refractivity contribution >= 4 is 0 Å². The molecule has 0 unspecified atom stereocenters. The predicted molar refractivity (Wildman–Crippen MR) is 90.5 cm³/mol. The third-order valence-electron chi connectivity index (χ3n) is 4.83. The minimum absolute atomic E-state index is 0.0146. The van der Waals surface area contributed by atoms with Crippen molar-refractivity contribution in [3.05, 3.63) is 68.5 Å². The standard InChI is InChI=1S/C18H20N4O2/c1-12-10-22(18(24)20-17(12)23)11-15-8-14(9-19)16(21(15)2)13-6-4-3-5-7-13/h3-7,10,14-16H,8,11H2,1-2H3,(H,20,23,24)/t14-,15+,16+/m1/s1. The molecule has 3 rings (SSSR count). The Labute approximate surface area is 140 Å². The molecule has 124 valence electrons. The van der Waals surface area contributed by atoms with Gasteiger partial charge in [0.2, 0.25) is 0 Å². The first-order valence-corrected chi connectivity index (χ1v) is 7.98. The number of nitriles is 1. The highest BCUT2D eigenvalue weighted by Gasteiger charge is 2.40. The van der Waals surface area contributed by atoms with E-state index in [-0.39, 0.29) is 23.6 Å². The van der Waals surface area contributed by atoms with Crippen molar-refractivity contribution < 1.29 is 0 Å². The number of aryl methyl sites for hydroxylation is 1. The lowest BCUT2D eigenvalue weighted by molar-refractivity contribution is 0.216. The summed E-state index contributed by atoms with van der Waals surface area (Å²) in [6, 6.07) is 12.4. The summed E-state index contributed by atoms with van der Waals surface area (Å²) in [5, 5.41) is 9.54. The molecular weight excluding hydrogens is 304 g/mol. The summed E-state index contributed by atoms with van der Waals surface area (Å²) in [7, 11) is 1.99. The molecule has 24 heavy (non-hydrogen) atoms. The molecule has 6 nitrogen and oxygen atoms in total. The van der Waals surface area contributed by atoms with Crippen LogP contribution in [0, 0.1) is 24.2 Å². The van der Waals surface area contributed by atoms with Gasteiger partial charge in [0.1, 0.15) is 0 Å². The van der Waals surface area contributed by atoms with Crippen molar-refractivity contribution in [2.24, 2.45) is 5.92 Å². The molecule has 1 saturated heterocycles. The number of hydrogen-bond donors (Lipinski definition) is 1. The van der Waals surface area contributed by atoms with E-state index in [1.807, 2.05) is 37.4 Å². The van der Waals surface area contributed by atoms with Crippen LogP contribution in [0.1, 0.15) is 23.6 Å². The molecule has 3 atom stereocenters. The number of nitrogens with zero attached hydrogens (tertiary/aromatic N) is 3. The number of benzene rings is 1. The normalized spacial score (nSPS) is 24.0. The summed E-state index contributed by atoms with van der Waals surface area (Å²) in [6.07, 6.45) is 2.28. The quantitative estimate of drug-likeness (QED) is 0.926. The lowest BCUT2D eigenvalue weighted by atomic mass is 9.94. The highest BCUT2D eigenvalue weighted by molar-refractivity contribution is 5.24. The molecule has 0 saturated carbocycles. The second-order valence-corrected chi connectivity index (χ2v) is 6.37. The van der Waals surface area contributed by atoms with Crippen molar-refractivity contribution in [3.8, 4) is 6.07 Å². The molecule has 2 aromatic rings. The summed E-state index contributed by atoms with van der Waals surface area (Å²) < 4.78 is 1.53. The first kappa shape index (κ1) is 16.2. The topological polar surface area (TPSA) is 81.9 Å². The average Bonchev–Trinajstić information content (AvgIpc) is 2.89. The summed E-state index contributed by atoms with van der Waals surface area (Å²) in [5.74, 6) is -0.123. The van der Waals surface area contributed by atoms with E-state index >= 15 is 0 Å². The second-order valence-electron chi connectivity index (χ2n) is 6.37. The van der Waals surface area contributed by atoms with E-state index in [9.17, 15) is 14.9 Å². The number of aromatic amines is 1. The number of rotatable bonds is 3. The van der Waals surface area contributed by atoms with Gasteiger partial charge in [-0.2, -0.15) is 5.26 Å². The van der Waals surface area contributed by atoms with Crippen LogP contribution in [0.2, 0.25) is 0 Å². The molecular formula is C18H20N4O2. The van der Waals surface area contributed by atoms with Crippen LogP contribution in [0.3, 0.4) is 0 Å². The van der Waals surface area contributed by atoms with Crippen molar-refractivity contribution in [1.82, 2.24) is 14.5 Å². The average molecular weight is 324 g/mol. The van der Waals surface area contributed by atoms with Gasteiger partial charge in [0.25, 0.3) is 5.56 Å². The fraction of sp³-hybridized carbons (Fsp3) is 0.389. The first-order valence-electron chi connectivity index (χ1n) is 7.98. The maximum atomic E-state index is 12.0. The van der Waals surface area contributed by atoms with Gasteiger partial charge in [-0.1, -0.05) is 30.3 Å². The Bertz CT molecular complexity index is 878. The van der Waals surface area contributed by atoms with Crippen LogP contribution in [0.5, 0.6) is 0 Å². The van der Waals surface area contributed by atoms with Crippen LogP contribution >= 0.6 is 0 Å². The monoisotopic (exact) mass is 324 g/mol. The fourth-order valence-electron chi connectivity index (χ4n) is 3.52. The Morgan fingerprint density at radius 3 is 2.67 bits per heavy atom. The van der Waals surface area contributed by atoms with Gasteiger partial charge in [-0.3, -0.25) is 19.2 Å². The van der Waals surface area contributed by atoms with Gasteiger partial charge in [0.15, 0.2) is 0 Å². The molecule has 6 heteroatoms. The van der Waals surface area contributed by atoms with Crippen LogP contribution in [-0.4, -0.2) is 27.5 Å². The van der Waals surface area contributed by atoms with Crippen molar-refractivity contribution in [3.63, 3.8) is 0 Å². The SMILES string of the molecule is Cc1cn(C[C@@H]2C[C@H](C#N)[C@H](c3ccccc3)N2C)c(=O)[nH]c1=O. The van der Waals surface area contributed by atoms with Gasteiger partial charge < -0.3 is 0 Å². The number of hydrogen-bond acceptors (Lipinski definition) is 4. The van der Waals surface area contributed by atoms with E-state index in [0.717, 1.165) is 5.56 Å². The van der Waals surface area contributed by atoms with E-state index < -0.39 is 5.69 Å².